The van der Waals surface area contributed by atoms with Crippen molar-refractivity contribution in [1.82, 2.24) is 9.97 Å². The average Bonchev–Trinajstić information content (AvgIpc) is 2.59. The molecule has 0 aliphatic rings. The van der Waals surface area contributed by atoms with Gasteiger partial charge in [0.1, 0.15) is 5.52 Å². The molecule has 2 aromatic rings. The lowest BCUT2D eigenvalue weighted by Gasteiger charge is -2.00. The van der Waals surface area contributed by atoms with Gasteiger partial charge in [0.15, 0.2) is 5.58 Å². The van der Waals surface area contributed by atoms with Crippen molar-refractivity contribution < 1.29 is 4.42 Å². The third kappa shape index (κ3) is 1.40. The molecule has 2 aromatic heterocycles. The lowest BCUT2D eigenvalue weighted by molar-refractivity contribution is 0.469. The number of hydrogen-bond donors (Lipinski definition) is 1. The fourth-order valence-corrected chi connectivity index (χ4v) is 1.13. The van der Waals surface area contributed by atoms with Gasteiger partial charge in [0.25, 0.3) is 0 Å². The Bertz CT molecular complexity index is 377. The molecule has 0 saturated carbocycles. The van der Waals surface area contributed by atoms with Crippen molar-refractivity contribution in [1.29, 1.82) is 0 Å². The first-order valence-corrected chi connectivity index (χ1v) is 4.27. The van der Waals surface area contributed by atoms with E-state index >= 15 is 0 Å². The van der Waals surface area contributed by atoms with Gasteiger partial charge in [-0.05, 0) is 6.42 Å². The van der Waals surface area contributed by atoms with Crippen LogP contribution in [0.3, 0.4) is 0 Å². The number of oxazole rings is 1. The van der Waals surface area contributed by atoms with Crippen LogP contribution >= 0.6 is 0 Å². The average molecular weight is 177 g/mol. The summed E-state index contributed by atoms with van der Waals surface area (Å²) in [6.45, 7) is 2.00. The van der Waals surface area contributed by atoms with Gasteiger partial charge in [0.2, 0.25) is 5.89 Å². The molecule has 0 fully saturated rings. The molecule has 0 amide bonds. The molecular weight excluding hydrogens is 166 g/mol. The molecule has 2 N–H and O–H groups in total. The topological polar surface area (TPSA) is 64.9 Å². The summed E-state index contributed by atoms with van der Waals surface area (Å²) in [5, 5.41) is 0. The van der Waals surface area contributed by atoms with Crippen LogP contribution in [-0.4, -0.2) is 9.97 Å². The highest BCUT2D eigenvalue weighted by Crippen LogP contribution is 2.18. The predicted molar refractivity (Wildman–Crippen MR) is 49.0 cm³/mol. The lowest BCUT2D eigenvalue weighted by atomic mass is 10.2. The summed E-state index contributed by atoms with van der Waals surface area (Å²) in [4.78, 5) is 8.18. The normalized spacial score (nSPS) is 13.4. The Morgan fingerprint density at radius 1 is 1.62 bits per heavy atom. The van der Waals surface area contributed by atoms with Gasteiger partial charge in [-0.3, -0.25) is 4.98 Å². The van der Waals surface area contributed by atoms with Crippen LogP contribution in [0.25, 0.3) is 11.1 Å². The number of fused-ring (bicyclic) bond motifs is 1. The van der Waals surface area contributed by atoms with Crippen LogP contribution in [-0.2, 0) is 0 Å². The van der Waals surface area contributed by atoms with Crippen molar-refractivity contribution in [3.05, 3.63) is 24.4 Å². The Morgan fingerprint density at radius 3 is 3.15 bits per heavy atom. The molecule has 0 radical (unpaired) electrons. The third-order valence-electron chi connectivity index (χ3n) is 1.96. The Balaban J connectivity index is 2.49. The fourth-order valence-electron chi connectivity index (χ4n) is 1.13. The van der Waals surface area contributed by atoms with E-state index in [4.69, 9.17) is 10.2 Å². The van der Waals surface area contributed by atoms with Crippen LogP contribution in [0.5, 0.6) is 0 Å². The molecule has 0 aromatic carbocycles. The van der Waals surface area contributed by atoms with E-state index in [0.29, 0.717) is 5.89 Å². The van der Waals surface area contributed by atoms with Crippen molar-refractivity contribution in [2.24, 2.45) is 5.73 Å². The van der Waals surface area contributed by atoms with Crippen molar-refractivity contribution >= 4 is 11.1 Å². The standard InChI is InChI=1S/C9H11N3O/c1-2-6(10)9-12-7-5-11-4-3-8(7)13-9/h3-6H,2,10H2,1H3. The highest BCUT2D eigenvalue weighted by atomic mass is 16.3. The van der Waals surface area contributed by atoms with E-state index in [-0.39, 0.29) is 6.04 Å². The first kappa shape index (κ1) is 8.19. The smallest absolute Gasteiger partial charge is 0.212 e. The van der Waals surface area contributed by atoms with E-state index in [1.54, 1.807) is 18.5 Å². The Labute approximate surface area is 75.8 Å². The van der Waals surface area contributed by atoms with E-state index < -0.39 is 0 Å². The number of pyridine rings is 1. The SMILES string of the molecule is CCC(N)c1nc2cnccc2o1. The zero-order chi connectivity index (χ0) is 9.26. The third-order valence-corrected chi connectivity index (χ3v) is 1.96. The summed E-state index contributed by atoms with van der Waals surface area (Å²) in [5.74, 6) is 0.588. The summed E-state index contributed by atoms with van der Waals surface area (Å²) in [6.07, 6.45) is 4.17. The number of hydrogen-bond acceptors (Lipinski definition) is 4. The quantitative estimate of drug-likeness (QED) is 0.757. The second-order valence-corrected chi connectivity index (χ2v) is 2.91. The summed E-state index contributed by atoms with van der Waals surface area (Å²) in [6, 6.07) is 1.67. The van der Waals surface area contributed by atoms with Gasteiger partial charge in [0.05, 0.1) is 12.2 Å². The van der Waals surface area contributed by atoms with Gasteiger partial charge in [0, 0.05) is 12.3 Å². The Morgan fingerprint density at radius 2 is 2.46 bits per heavy atom. The largest absolute Gasteiger partial charge is 0.439 e. The first-order valence-electron chi connectivity index (χ1n) is 4.27. The Kier molecular flexibility index (Phi) is 1.98. The van der Waals surface area contributed by atoms with Crippen LogP contribution in [0.2, 0.25) is 0 Å². The summed E-state index contributed by atoms with van der Waals surface area (Å²) >= 11 is 0. The molecule has 4 heteroatoms. The second kappa shape index (κ2) is 3.14. The van der Waals surface area contributed by atoms with Crippen LogP contribution in [0.1, 0.15) is 25.3 Å². The zero-order valence-corrected chi connectivity index (χ0v) is 7.40. The molecule has 1 atom stereocenters. The maximum atomic E-state index is 5.78. The lowest BCUT2D eigenvalue weighted by Crippen LogP contribution is -2.08. The van der Waals surface area contributed by atoms with Crippen LogP contribution in [0.4, 0.5) is 0 Å². The molecular formula is C9H11N3O. The van der Waals surface area contributed by atoms with Gasteiger partial charge in [-0.25, -0.2) is 4.98 Å². The van der Waals surface area contributed by atoms with E-state index in [1.807, 2.05) is 6.92 Å². The molecule has 0 aliphatic carbocycles. The van der Waals surface area contributed by atoms with Crippen LogP contribution < -0.4 is 5.73 Å². The number of nitrogens with two attached hydrogens (primary N) is 1. The maximum Gasteiger partial charge on any atom is 0.212 e. The number of aromatic nitrogens is 2. The van der Waals surface area contributed by atoms with Crippen LogP contribution in [0.15, 0.2) is 22.9 Å². The molecule has 0 aliphatic heterocycles. The molecule has 0 saturated heterocycles. The molecule has 0 spiro atoms. The molecule has 4 nitrogen and oxygen atoms in total. The molecule has 0 bridgehead atoms. The van der Waals surface area contributed by atoms with Gasteiger partial charge < -0.3 is 10.2 Å². The van der Waals surface area contributed by atoms with E-state index in [0.717, 1.165) is 17.5 Å². The maximum absolute atomic E-state index is 5.78. The molecule has 13 heavy (non-hydrogen) atoms. The predicted octanol–water partition coefficient (Wildman–Crippen LogP) is 1.63. The highest BCUT2D eigenvalue weighted by Gasteiger charge is 2.11. The minimum Gasteiger partial charge on any atom is -0.439 e. The summed E-state index contributed by atoms with van der Waals surface area (Å²) < 4.78 is 5.44. The zero-order valence-electron chi connectivity index (χ0n) is 7.40. The van der Waals surface area contributed by atoms with Gasteiger partial charge in [-0.1, -0.05) is 6.92 Å². The van der Waals surface area contributed by atoms with Gasteiger partial charge in [-0.15, -0.1) is 0 Å². The van der Waals surface area contributed by atoms with Crippen LogP contribution in [0, 0.1) is 0 Å². The van der Waals surface area contributed by atoms with Crippen molar-refractivity contribution in [2.75, 3.05) is 0 Å². The van der Waals surface area contributed by atoms with E-state index in [9.17, 15) is 0 Å². The number of nitrogens with zero attached hydrogens (tertiary/aromatic N) is 2. The molecule has 2 rings (SSSR count). The minimum absolute atomic E-state index is 0.118. The summed E-state index contributed by atoms with van der Waals surface area (Å²) in [5.41, 5.74) is 7.29. The summed E-state index contributed by atoms with van der Waals surface area (Å²) in [7, 11) is 0. The monoisotopic (exact) mass is 177 g/mol. The molecule has 1 unspecified atom stereocenters. The second-order valence-electron chi connectivity index (χ2n) is 2.91. The van der Waals surface area contributed by atoms with Gasteiger partial charge >= 0.3 is 0 Å². The minimum atomic E-state index is -0.118. The first-order chi connectivity index (χ1) is 6.31. The molecule has 2 heterocycles. The highest BCUT2D eigenvalue weighted by molar-refractivity contribution is 5.70. The van der Waals surface area contributed by atoms with E-state index in [1.165, 1.54) is 0 Å². The van der Waals surface area contributed by atoms with Crippen molar-refractivity contribution in [2.45, 2.75) is 19.4 Å². The van der Waals surface area contributed by atoms with Crippen molar-refractivity contribution in [3.63, 3.8) is 0 Å². The fraction of sp³-hybridized carbons (Fsp3) is 0.333. The van der Waals surface area contributed by atoms with Gasteiger partial charge in [-0.2, -0.15) is 0 Å². The molecule has 68 valence electrons. The van der Waals surface area contributed by atoms with Crippen molar-refractivity contribution in [3.8, 4) is 0 Å². The number of rotatable bonds is 2. The Hall–Kier alpha value is -1.42. The van der Waals surface area contributed by atoms with E-state index in [2.05, 4.69) is 9.97 Å².